The van der Waals surface area contributed by atoms with E-state index in [-0.39, 0.29) is 0 Å². The lowest BCUT2D eigenvalue weighted by molar-refractivity contribution is 0.669. The van der Waals surface area contributed by atoms with Gasteiger partial charge in [0.1, 0.15) is 11.2 Å². The Balaban J connectivity index is 1.04. The molecule has 0 spiro atoms. The van der Waals surface area contributed by atoms with Crippen LogP contribution in [0.25, 0.3) is 130 Å². The predicted molar refractivity (Wildman–Crippen MR) is 258 cm³/mol. The molecule has 0 saturated heterocycles. The Morgan fingerprint density at radius 2 is 0.717 bits per heavy atom. The molecule has 2 heterocycles. The van der Waals surface area contributed by atoms with E-state index in [1.807, 2.05) is 11.3 Å². The van der Waals surface area contributed by atoms with Gasteiger partial charge >= 0.3 is 0 Å². The fraction of sp³-hybridized carbons (Fsp3) is 0. The van der Waals surface area contributed by atoms with Gasteiger partial charge in [0.2, 0.25) is 0 Å². The number of hydrogen-bond donors (Lipinski definition) is 0. The van der Waals surface area contributed by atoms with Gasteiger partial charge in [-0.25, -0.2) is 0 Å². The van der Waals surface area contributed by atoms with E-state index >= 15 is 0 Å². The summed E-state index contributed by atoms with van der Waals surface area (Å²) in [6.45, 7) is 0. The third-order valence-corrected chi connectivity index (χ3v) is 13.8. The Morgan fingerprint density at radius 1 is 0.267 bits per heavy atom. The van der Waals surface area contributed by atoms with Crippen molar-refractivity contribution in [1.82, 2.24) is 0 Å². The molecule has 0 atom stereocenters. The first-order valence-corrected chi connectivity index (χ1v) is 21.4. The minimum Gasteiger partial charge on any atom is -0.456 e. The molecule has 0 N–H and O–H groups in total. The molecule has 0 aliphatic rings. The van der Waals surface area contributed by atoms with E-state index in [2.05, 4.69) is 206 Å². The molecule has 0 aliphatic heterocycles. The van der Waals surface area contributed by atoms with Crippen LogP contribution >= 0.6 is 11.3 Å². The molecular formula is C58H34OS. The smallest absolute Gasteiger partial charge is 0.136 e. The van der Waals surface area contributed by atoms with E-state index in [0.29, 0.717) is 0 Å². The summed E-state index contributed by atoms with van der Waals surface area (Å²) in [4.78, 5) is 0. The van der Waals surface area contributed by atoms with Crippen LogP contribution in [0.2, 0.25) is 0 Å². The van der Waals surface area contributed by atoms with Crippen molar-refractivity contribution in [3.05, 3.63) is 206 Å². The highest BCUT2D eigenvalue weighted by atomic mass is 32.1. The molecule has 278 valence electrons. The van der Waals surface area contributed by atoms with Gasteiger partial charge in [0.05, 0.1) is 0 Å². The third kappa shape index (κ3) is 4.86. The van der Waals surface area contributed by atoms with Gasteiger partial charge in [-0.15, -0.1) is 11.3 Å². The molecule has 0 radical (unpaired) electrons. The van der Waals surface area contributed by atoms with E-state index in [1.54, 1.807) is 0 Å². The summed E-state index contributed by atoms with van der Waals surface area (Å²) in [5.74, 6) is 0. The van der Waals surface area contributed by atoms with Crippen LogP contribution in [0.15, 0.2) is 211 Å². The molecule has 0 bridgehead atoms. The molecule has 13 rings (SSSR count). The van der Waals surface area contributed by atoms with Crippen molar-refractivity contribution < 1.29 is 4.42 Å². The number of thiophene rings is 1. The highest BCUT2D eigenvalue weighted by molar-refractivity contribution is 7.25. The summed E-state index contributed by atoms with van der Waals surface area (Å²) in [7, 11) is 0. The molecule has 0 unspecified atom stereocenters. The normalized spacial score (nSPS) is 12.0. The van der Waals surface area contributed by atoms with Crippen LogP contribution in [-0.2, 0) is 0 Å². The molecule has 60 heavy (non-hydrogen) atoms. The summed E-state index contributed by atoms with van der Waals surface area (Å²) < 4.78 is 9.52. The lowest BCUT2D eigenvalue weighted by atomic mass is 9.84. The molecule has 13 aromatic rings. The fourth-order valence-electron chi connectivity index (χ4n) is 10.2. The van der Waals surface area contributed by atoms with E-state index in [9.17, 15) is 0 Å². The topological polar surface area (TPSA) is 13.1 Å². The molecular weight excluding hydrogens is 745 g/mol. The average molecular weight is 779 g/mol. The summed E-state index contributed by atoms with van der Waals surface area (Å²) >= 11 is 1.87. The Hall–Kier alpha value is -7.52. The molecule has 11 aromatic carbocycles. The van der Waals surface area contributed by atoms with Crippen molar-refractivity contribution in [3.8, 4) is 44.5 Å². The highest BCUT2D eigenvalue weighted by Gasteiger charge is 2.22. The van der Waals surface area contributed by atoms with E-state index < -0.39 is 0 Å². The van der Waals surface area contributed by atoms with Crippen molar-refractivity contribution in [1.29, 1.82) is 0 Å². The molecule has 1 nitrogen and oxygen atoms in total. The molecule has 0 fully saturated rings. The number of fused-ring (bicyclic) bond motifs is 10. The van der Waals surface area contributed by atoms with Crippen LogP contribution in [0.4, 0.5) is 0 Å². The maximum absolute atomic E-state index is 6.88. The van der Waals surface area contributed by atoms with E-state index in [0.717, 1.165) is 27.5 Å². The van der Waals surface area contributed by atoms with Gasteiger partial charge < -0.3 is 4.42 Å². The first-order valence-electron chi connectivity index (χ1n) is 20.6. The van der Waals surface area contributed by atoms with Gasteiger partial charge in [-0.1, -0.05) is 176 Å². The quantitative estimate of drug-likeness (QED) is 0.162. The third-order valence-electron chi connectivity index (χ3n) is 12.6. The van der Waals surface area contributed by atoms with Gasteiger partial charge in [0.15, 0.2) is 0 Å². The number of rotatable bonds is 4. The van der Waals surface area contributed by atoms with Crippen LogP contribution in [0.5, 0.6) is 0 Å². The summed E-state index contributed by atoms with van der Waals surface area (Å²) in [6, 6.07) is 75.6. The Bertz CT molecular complexity index is 3770. The van der Waals surface area contributed by atoms with Gasteiger partial charge in [-0.05, 0) is 118 Å². The summed E-state index contributed by atoms with van der Waals surface area (Å²) in [5, 5.41) is 14.8. The Labute approximate surface area is 350 Å². The zero-order valence-electron chi connectivity index (χ0n) is 32.4. The molecule has 2 aromatic heterocycles. The van der Waals surface area contributed by atoms with Crippen molar-refractivity contribution in [2.45, 2.75) is 0 Å². The molecule has 0 aliphatic carbocycles. The van der Waals surface area contributed by atoms with Crippen molar-refractivity contribution >= 4 is 96.5 Å². The van der Waals surface area contributed by atoms with Gasteiger partial charge in [0, 0.05) is 30.9 Å². The van der Waals surface area contributed by atoms with Crippen molar-refractivity contribution in [2.24, 2.45) is 0 Å². The van der Waals surface area contributed by atoms with Crippen LogP contribution in [0.1, 0.15) is 0 Å². The maximum Gasteiger partial charge on any atom is 0.136 e. The van der Waals surface area contributed by atoms with Gasteiger partial charge in [-0.2, -0.15) is 0 Å². The lowest BCUT2D eigenvalue weighted by Gasteiger charge is -2.18. The predicted octanol–water partition coefficient (Wildman–Crippen LogP) is 17.2. The maximum atomic E-state index is 6.88. The second-order valence-electron chi connectivity index (χ2n) is 15.8. The molecule has 0 saturated carbocycles. The van der Waals surface area contributed by atoms with Crippen LogP contribution in [0.3, 0.4) is 0 Å². The zero-order chi connectivity index (χ0) is 39.3. The summed E-state index contributed by atoms with van der Waals surface area (Å²) in [6.07, 6.45) is 0. The number of hydrogen-bond acceptors (Lipinski definition) is 2. The average Bonchev–Trinajstić information content (AvgIpc) is 3.88. The van der Waals surface area contributed by atoms with Crippen LogP contribution < -0.4 is 0 Å². The van der Waals surface area contributed by atoms with E-state index in [4.69, 9.17) is 4.42 Å². The zero-order valence-corrected chi connectivity index (χ0v) is 33.3. The minimum absolute atomic E-state index is 0.886. The van der Waals surface area contributed by atoms with E-state index in [1.165, 1.54) is 102 Å². The Morgan fingerprint density at radius 3 is 1.30 bits per heavy atom. The first kappa shape index (κ1) is 33.5. The highest BCUT2D eigenvalue weighted by Crippen LogP contribution is 2.49. The molecule has 2 heteroatoms. The van der Waals surface area contributed by atoms with Crippen molar-refractivity contribution in [2.75, 3.05) is 0 Å². The van der Waals surface area contributed by atoms with Gasteiger partial charge in [-0.3, -0.25) is 0 Å². The van der Waals surface area contributed by atoms with Gasteiger partial charge in [0.25, 0.3) is 0 Å². The summed E-state index contributed by atoms with van der Waals surface area (Å²) in [5.41, 5.74) is 11.6. The standard InChI is InChI=1S/C58H34OS/c1-2-15-35(16-3-1)54-40-18-4-6-20-42(40)55(43-21-7-5-19-41(43)54)36-30-32-48-51(33-36)59-50-27-14-26-49(58(48)50)57-46-24-10-8-22-44(46)56(45-23-9-11-25-47(45)57)37-29-31-39-38-17-12-13-28-52(38)60-53(39)34-37/h1-34H. The fourth-order valence-corrected chi connectivity index (χ4v) is 11.3. The van der Waals surface area contributed by atoms with Crippen LogP contribution in [0, 0.1) is 0 Å². The van der Waals surface area contributed by atoms with Crippen molar-refractivity contribution in [3.63, 3.8) is 0 Å². The second kappa shape index (κ2) is 13.0. The second-order valence-corrected chi connectivity index (χ2v) is 16.9. The number of furan rings is 1. The molecule has 0 amide bonds. The largest absolute Gasteiger partial charge is 0.456 e. The lowest BCUT2D eigenvalue weighted by Crippen LogP contribution is -1.91. The SMILES string of the molecule is c1ccc(-c2c3ccccc3c(-c3ccc4c(c3)oc3cccc(-c5c6ccccc6c(-c6ccc7c(c6)sc6ccccc67)c6ccccc56)c34)c3ccccc23)cc1. The number of benzene rings is 11. The van der Waals surface area contributed by atoms with Crippen LogP contribution in [-0.4, -0.2) is 0 Å². The monoisotopic (exact) mass is 778 g/mol. The minimum atomic E-state index is 0.886. The Kier molecular flexibility index (Phi) is 7.24. The first-order chi connectivity index (χ1) is 29.8.